The van der Waals surface area contributed by atoms with Crippen LogP contribution in [-0.4, -0.2) is 62.5 Å². The number of hydrogen-bond acceptors (Lipinski definition) is 6. The van der Waals surface area contributed by atoms with Crippen LogP contribution in [0.15, 0.2) is 72.1 Å². The fourth-order valence-electron chi connectivity index (χ4n) is 3.96. The molecule has 0 bridgehead atoms. The van der Waals surface area contributed by atoms with E-state index in [0.717, 1.165) is 47.9 Å². The van der Waals surface area contributed by atoms with Gasteiger partial charge in [-0.05, 0) is 36.8 Å². The quantitative estimate of drug-likeness (QED) is 0.346. The molecule has 8 heteroatoms. The van der Waals surface area contributed by atoms with Gasteiger partial charge in [0.15, 0.2) is 5.65 Å². The summed E-state index contributed by atoms with van der Waals surface area (Å²) in [5.41, 5.74) is 4.17. The molecule has 1 aliphatic heterocycles. The molecule has 162 valence electrons. The second-order valence-electron chi connectivity index (χ2n) is 7.80. The molecule has 3 heterocycles. The van der Waals surface area contributed by atoms with Crippen LogP contribution in [0.1, 0.15) is 5.56 Å². The van der Waals surface area contributed by atoms with Crippen LogP contribution in [0.4, 0.5) is 5.69 Å². The van der Waals surface area contributed by atoms with Crippen LogP contribution >= 0.6 is 11.8 Å². The number of aromatic nitrogens is 4. The molecule has 0 saturated carbocycles. The van der Waals surface area contributed by atoms with E-state index < -0.39 is 0 Å². The van der Waals surface area contributed by atoms with Crippen molar-refractivity contribution in [1.82, 2.24) is 24.6 Å². The minimum atomic E-state index is 0.140. The third-order valence-corrected chi connectivity index (χ3v) is 6.65. The lowest BCUT2D eigenvalue weighted by molar-refractivity contribution is -0.128. The van der Waals surface area contributed by atoms with Crippen molar-refractivity contribution >= 4 is 34.4 Å². The number of aryl methyl sites for hydroxylation is 1. The maximum atomic E-state index is 12.9. The zero-order chi connectivity index (χ0) is 21.9. The smallest absolute Gasteiger partial charge is 0.233 e. The molecule has 0 atom stereocenters. The van der Waals surface area contributed by atoms with E-state index in [1.54, 1.807) is 10.9 Å². The van der Waals surface area contributed by atoms with Gasteiger partial charge >= 0.3 is 0 Å². The van der Waals surface area contributed by atoms with E-state index in [-0.39, 0.29) is 5.91 Å². The van der Waals surface area contributed by atoms with Gasteiger partial charge in [0.1, 0.15) is 11.4 Å². The molecule has 0 spiro atoms. The fourth-order valence-corrected chi connectivity index (χ4v) is 4.82. The van der Waals surface area contributed by atoms with Crippen LogP contribution in [-0.2, 0) is 4.79 Å². The van der Waals surface area contributed by atoms with Crippen molar-refractivity contribution in [1.29, 1.82) is 0 Å². The average Bonchev–Trinajstić information content (AvgIpc) is 3.28. The molecular weight excluding hydrogens is 420 g/mol. The number of rotatable bonds is 5. The molecule has 5 rings (SSSR count). The molecular formula is C24H24N6OS. The molecule has 1 saturated heterocycles. The van der Waals surface area contributed by atoms with Crippen molar-refractivity contribution in [2.75, 3.05) is 36.8 Å². The number of amides is 1. The van der Waals surface area contributed by atoms with Crippen LogP contribution in [0.25, 0.3) is 16.7 Å². The van der Waals surface area contributed by atoms with Gasteiger partial charge in [-0.15, -0.1) is 0 Å². The highest BCUT2D eigenvalue weighted by Crippen LogP contribution is 2.26. The van der Waals surface area contributed by atoms with Gasteiger partial charge in [0, 0.05) is 31.9 Å². The van der Waals surface area contributed by atoms with Gasteiger partial charge < -0.3 is 9.80 Å². The maximum Gasteiger partial charge on any atom is 0.233 e. The Kier molecular flexibility index (Phi) is 5.77. The molecule has 1 fully saturated rings. The first-order valence-electron chi connectivity index (χ1n) is 10.7. The van der Waals surface area contributed by atoms with Crippen molar-refractivity contribution in [2.45, 2.75) is 11.9 Å². The first kappa shape index (κ1) is 20.5. The third kappa shape index (κ3) is 4.18. The minimum Gasteiger partial charge on any atom is -0.368 e. The van der Waals surface area contributed by atoms with Crippen molar-refractivity contribution in [3.63, 3.8) is 0 Å². The number of anilines is 1. The Hall–Kier alpha value is -3.39. The van der Waals surface area contributed by atoms with Crippen molar-refractivity contribution in [3.8, 4) is 5.69 Å². The Bertz CT molecular complexity index is 1230. The number of para-hydroxylation sites is 1. The summed E-state index contributed by atoms with van der Waals surface area (Å²) < 4.78 is 1.80. The summed E-state index contributed by atoms with van der Waals surface area (Å²) in [6.07, 6.45) is 3.31. The van der Waals surface area contributed by atoms with E-state index in [4.69, 9.17) is 0 Å². The van der Waals surface area contributed by atoms with E-state index in [1.165, 1.54) is 29.3 Å². The van der Waals surface area contributed by atoms with Gasteiger partial charge in [0.25, 0.3) is 0 Å². The predicted octanol–water partition coefficient (Wildman–Crippen LogP) is 3.56. The van der Waals surface area contributed by atoms with E-state index in [1.807, 2.05) is 35.2 Å². The minimum absolute atomic E-state index is 0.140. The van der Waals surface area contributed by atoms with E-state index in [2.05, 4.69) is 51.2 Å². The molecule has 2 aromatic carbocycles. The molecule has 4 aromatic rings. The summed E-state index contributed by atoms with van der Waals surface area (Å²) >= 11 is 1.45. The Morgan fingerprint density at radius 3 is 2.53 bits per heavy atom. The highest BCUT2D eigenvalue weighted by atomic mass is 32.2. The highest BCUT2D eigenvalue weighted by Gasteiger charge is 2.22. The second kappa shape index (κ2) is 9.00. The lowest BCUT2D eigenvalue weighted by Gasteiger charge is -2.36. The molecule has 0 N–H and O–H groups in total. The van der Waals surface area contributed by atoms with Gasteiger partial charge in [-0.2, -0.15) is 5.10 Å². The van der Waals surface area contributed by atoms with Crippen LogP contribution < -0.4 is 4.90 Å². The molecule has 1 amide bonds. The summed E-state index contributed by atoms with van der Waals surface area (Å²) in [6.45, 7) is 5.27. The van der Waals surface area contributed by atoms with Gasteiger partial charge in [-0.1, -0.05) is 42.1 Å². The van der Waals surface area contributed by atoms with Crippen LogP contribution in [0.2, 0.25) is 0 Å². The Balaban J connectivity index is 1.23. The Morgan fingerprint density at radius 1 is 0.969 bits per heavy atom. The summed E-state index contributed by atoms with van der Waals surface area (Å²) in [5.74, 6) is 0.494. The Labute approximate surface area is 191 Å². The number of thioether (sulfide) groups is 1. The van der Waals surface area contributed by atoms with Gasteiger partial charge in [-0.25, -0.2) is 14.6 Å². The monoisotopic (exact) mass is 444 g/mol. The van der Waals surface area contributed by atoms with Crippen LogP contribution in [0.5, 0.6) is 0 Å². The van der Waals surface area contributed by atoms with Crippen LogP contribution in [0, 0.1) is 6.92 Å². The van der Waals surface area contributed by atoms with Crippen molar-refractivity contribution in [3.05, 3.63) is 72.7 Å². The van der Waals surface area contributed by atoms with Gasteiger partial charge in [0.2, 0.25) is 5.91 Å². The highest BCUT2D eigenvalue weighted by molar-refractivity contribution is 8.00. The molecule has 2 aromatic heterocycles. The van der Waals surface area contributed by atoms with Crippen molar-refractivity contribution < 1.29 is 4.79 Å². The molecule has 0 radical (unpaired) electrons. The van der Waals surface area contributed by atoms with E-state index in [9.17, 15) is 4.79 Å². The fraction of sp³-hybridized carbons (Fsp3) is 0.250. The summed E-state index contributed by atoms with van der Waals surface area (Å²) in [6, 6.07) is 18.4. The number of nitrogens with zero attached hydrogens (tertiary/aromatic N) is 6. The molecule has 1 aliphatic rings. The standard InChI is InChI=1S/C24H24N6OS/c1-18-6-5-9-20(14-18)28-10-12-29(13-11-28)22(31)16-32-24-21-15-27-30(23(21)25-17-26-24)19-7-3-2-4-8-19/h2-9,14-15,17H,10-13,16H2,1H3. The number of carbonyl (C=O) groups excluding carboxylic acids is 1. The third-order valence-electron chi connectivity index (χ3n) is 5.66. The van der Waals surface area contributed by atoms with E-state index >= 15 is 0 Å². The second-order valence-corrected chi connectivity index (χ2v) is 8.77. The normalized spacial score (nSPS) is 14.2. The molecule has 0 aliphatic carbocycles. The SMILES string of the molecule is Cc1cccc(N2CCN(C(=O)CSc3ncnc4c3cnn4-c3ccccc3)CC2)c1. The maximum absolute atomic E-state index is 12.9. The number of carbonyl (C=O) groups is 1. The van der Waals surface area contributed by atoms with E-state index in [0.29, 0.717) is 5.75 Å². The summed E-state index contributed by atoms with van der Waals surface area (Å²) in [4.78, 5) is 26.0. The molecule has 32 heavy (non-hydrogen) atoms. The first-order valence-corrected chi connectivity index (χ1v) is 11.6. The predicted molar refractivity (Wildman–Crippen MR) is 127 cm³/mol. The van der Waals surface area contributed by atoms with Gasteiger partial charge in [0.05, 0.1) is 23.0 Å². The average molecular weight is 445 g/mol. The topological polar surface area (TPSA) is 67.2 Å². The number of hydrogen-bond donors (Lipinski definition) is 0. The summed E-state index contributed by atoms with van der Waals surface area (Å²) in [7, 11) is 0. The number of benzene rings is 2. The zero-order valence-electron chi connectivity index (χ0n) is 17.9. The van der Waals surface area contributed by atoms with Gasteiger partial charge in [-0.3, -0.25) is 4.79 Å². The first-order chi connectivity index (χ1) is 15.7. The van der Waals surface area contributed by atoms with Crippen molar-refractivity contribution in [2.24, 2.45) is 0 Å². The lowest BCUT2D eigenvalue weighted by Crippen LogP contribution is -2.49. The largest absolute Gasteiger partial charge is 0.368 e. The zero-order valence-corrected chi connectivity index (χ0v) is 18.7. The lowest BCUT2D eigenvalue weighted by atomic mass is 10.2. The summed E-state index contributed by atoms with van der Waals surface area (Å²) in [5, 5.41) is 6.13. The molecule has 0 unspecified atom stereocenters. The number of fused-ring (bicyclic) bond motifs is 1. The Morgan fingerprint density at radius 2 is 1.75 bits per heavy atom. The molecule has 7 nitrogen and oxygen atoms in total. The van der Waals surface area contributed by atoms with Crippen LogP contribution in [0.3, 0.4) is 0 Å². The number of piperazine rings is 1.